The number of benzene rings is 1. The highest BCUT2D eigenvalue weighted by Crippen LogP contribution is 2.37. The highest BCUT2D eigenvalue weighted by Gasteiger charge is 2.35. The van der Waals surface area contributed by atoms with Crippen molar-refractivity contribution in [1.29, 1.82) is 0 Å². The second-order valence-corrected chi connectivity index (χ2v) is 6.59. The molecule has 0 saturated heterocycles. The molecule has 0 aliphatic carbocycles. The van der Waals surface area contributed by atoms with Gasteiger partial charge < -0.3 is 9.67 Å². The number of nitrogens with zero attached hydrogens (tertiary/aromatic N) is 3. The summed E-state index contributed by atoms with van der Waals surface area (Å²) in [5.74, 6) is -4.72. The second-order valence-electron chi connectivity index (χ2n) is 6.59. The Morgan fingerprint density at radius 3 is 2.63 bits per heavy atom. The minimum atomic E-state index is -4.53. The van der Waals surface area contributed by atoms with E-state index in [2.05, 4.69) is 10.2 Å². The Morgan fingerprint density at radius 2 is 1.96 bits per heavy atom. The third-order valence-corrected chi connectivity index (χ3v) is 4.69. The van der Waals surface area contributed by atoms with Crippen LogP contribution < -0.4 is 0 Å². The molecule has 0 amide bonds. The van der Waals surface area contributed by atoms with Crippen molar-refractivity contribution in [3.63, 3.8) is 0 Å². The molecule has 0 spiro atoms. The lowest BCUT2D eigenvalue weighted by molar-refractivity contribution is -0.137. The molecule has 1 aliphatic rings. The van der Waals surface area contributed by atoms with Crippen LogP contribution in [-0.4, -0.2) is 32.0 Å². The van der Waals surface area contributed by atoms with Crippen LogP contribution in [-0.2, 0) is 17.8 Å². The van der Waals surface area contributed by atoms with Gasteiger partial charge in [-0.2, -0.15) is 13.2 Å². The SMILES string of the molecule is O=C(O)C[C@H]1CC[C@@H](c2cccc(F)c2F)Cn2c(CC(F)(F)F)nnc21. The van der Waals surface area contributed by atoms with E-state index < -0.39 is 42.0 Å². The molecular weight excluding hydrogens is 373 g/mol. The molecule has 27 heavy (non-hydrogen) atoms. The number of rotatable bonds is 4. The predicted molar refractivity (Wildman–Crippen MR) is 83.1 cm³/mol. The number of alkyl halides is 3. The number of carbonyl (C=O) groups is 1. The van der Waals surface area contributed by atoms with Crippen molar-refractivity contribution in [2.75, 3.05) is 0 Å². The molecule has 1 N–H and O–H groups in total. The fraction of sp³-hybridized carbons (Fsp3) is 0.471. The molecule has 2 atom stereocenters. The lowest BCUT2D eigenvalue weighted by Gasteiger charge is -2.18. The number of hydrogen-bond donors (Lipinski definition) is 1. The Bertz CT molecular complexity index is 850. The van der Waals surface area contributed by atoms with E-state index in [1.807, 2.05) is 0 Å². The maximum absolute atomic E-state index is 14.2. The molecule has 1 aromatic carbocycles. The van der Waals surface area contributed by atoms with Crippen LogP contribution in [0.2, 0.25) is 0 Å². The van der Waals surface area contributed by atoms with E-state index in [1.54, 1.807) is 0 Å². The van der Waals surface area contributed by atoms with Gasteiger partial charge in [-0.25, -0.2) is 8.78 Å². The molecule has 3 rings (SSSR count). The third kappa shape index (κ3) is 4.25. The summed E-state index contributed by atoms with van der Waals surface area (Å²) < 4.78 is 67.6. The van der Waals surface area contributed by atoms with E-state index >= 15 is 0 Å². The molecule has 0 saturated carbocycles. The van der Waals surface area contributed by atoms with Crippen molar-refractivity contribution < 1.29 is 31.9 Å². The van der Waals surface area contributed by atoms with Crippen molar-refractivity contribution >= 4 is 5.97 Å². The summed E-state index contributed by atoms with van der Waals surface area (Å²) >= 11 is 0. The Balaban J connectivity index is 2.02. The molecule has 10 heteroatoms. The van der Waals surface area contributed by atoms with Gasteiger partial charge in [0.15, 0.2) is 11.6 Å². The van der Waals surface area contributed by atoms with Crippen LogP contribution in [0.4, 0.5) is 22.0 Å². The van der Waals surface area contributed by atoms with E-state index in [9.17, 15) is 26.7 Å². The number of carboxylic acids is 1. The van der Waals surface area contributed by atoms with Gasteiger partial charge >= 0.3 is 12.1 Å². The summed E-state index contributed by atoms with van der Waals surface area (Å²) in [6.45, 7) is -0.0791. The van der Waals surface area contributed by atoms with Gasteiger partial charge in [0, 0.05) is 18.4 Å². The Morgan fingerprint density at radius 1 is 1.22 bits per heavy atom. The summed E-state index contributed by atoms with van der Waals surface area (Å²) in [4.78, 5) is 11.1. The largest absolute Gasteiger partial charge is 0.481 e. The molecule has 0 unspecified atom stereocenters. The molecule has 2 heterocycles. The summed E-state index contributed by atoms with van der Waals surface area (Å²) in [5, 5.41) is 16.5. The fourth-order valence-electron chi connectivity index (χ4n) is 3.50. The summed E-state index contributed by atoms with van der Waals surface area (Å²) in [6, 6.07) is 3.67. The first kappa shape index (κ1) is 19.2. The first-order chi connectivity index (χ1) is 12.7. The summed E-state index contributed by atoms with van der Waals surface area (Å²) in [7, 11) is 0. The molecule has 5 nitrogen and oxygen atoms in total. The van der Waals surface area contributed by atoms with E-state index in [0.29, 0.717) is 0 Å². The highest BCUT2D eigenvalue weighted by atomic mass is 19.4. The molecule has 1 aromatic heterocycles. The number of fused-ring (bicyclic) bond motifs is 1. The molecule has 0 radical (unpaired) electrons. The minimum Gasteiger partial charge on any atom is -0.481 e. The van der Waals surface area contributed by atoms with E-state index in [4.69, 9.17) is 5.11 Å². The van der Waals surface area contributed by atoms with Crippen LogP contribution in [0.3, 0.4) is 0 Å². The lowest BCUT2D eigenvalue weighted by Crippen LogP contribution is -2.19. The Kier molecular flexibility index (Phi) is 5.16. The molecule has 2 aromatic rings. The summed E-state index contributed by atoms with van der Waals surface area (Å²) in [5.41, 5.74) is 0.0450. The normalized spacial score (nSPS) is 20.2. The standard InChI is InChI=1S/C17H16F5N3O2/c18-12-3-1-2-11(15(12)19)10-5-4-9(6-14(26)27)16-24-23-13(25(16)8-10)7-17(20,21)22/h1-3,9-10H,4-8H2,(H,26,27)/t9-,10-/m1/s1. The van der Waals surface area contributed by atoms with Crippen molar-refractivity contribution in [2.45, 2.75) is 50.2 Å². The number of hydrogen-bond acceptors (Lipinski definition) is 3. The molecule has 1 aliphatic heterocycles. The number of aromatic nitrogens is 3. The quantitative estimate of drug-likeness (QED) is 0.808. The average Bonchev–Trinajstić information content (AvgIpc) is 2.83. The first-order valence-corrected chi connectivity index (χ1v) is 8.30. The molecule has 146 valence electrons. The Labute approximate surface area is 150 Å². The van der Waals surface area contributed by atoms with Gasteiger partial charge in [0.05, 0.1) is 6.42 Å². The van der Waals surface area contributed by atoms with E-state index in [-0.39, 0.29) is 43.0 Å². The van der Waals surface area contributed by atoms with Crippen molar-refractivity contribution in [2.24, 2.45) is 0 Å². The van der Waals surface area contributed by atoms with Gasteiger partial charge in [-0.05, 0) is 24.5 Å². The van der Waals surface area contributed by atoms with E-state index in [1.165, 1.54) is 16.7 Å². The fourth-order valence-corrected chi connectivity index (χ4v) is 3.50. The average molecular weight is 389 g/mol. The van der Waals surface area contributed by atoms with Crippen molar-refractivity contribution in [3.8, 4) is 0 Å². The van der Waals surface area contributed by atoms with Gasteiger partial charge in [-0.3, -0.25) is 4.79 Å². The van der Waals surface area contributed by atoms with Crippen LogP contribution in [0, 0.1) is 11.6 Å². The van der Waals surface area contributed by atoms with Gasteiger partial charge in [0.2, 0.25) is 0 Å². The predicted octanol–water partition coefficient (Wildman–Crippen LogP) is 3.80. The minimum absolute atomic E-state index is 0.0450. The van der Waals surface area contributed by atoms with Gasteiger partial charge in [-0.1, -0.05) is 12.1 Å². The zero-order valence-corrected chi connectivity index (χ0v) is 14.0. The number of carboxylic acid groups (broad SMARTS) is 1. The second kappa shape index (κ2) is 7.24. The summed E-state index contributed by atoms with van der Waals surface area (Å²) in [6.07, 6.45) is -5.65. The number of aliphatic carboxylic acids is 1. The molecule has 0 bridgehead atoms. The van der Waals surface area contributed by atoms with Gasteiger partial charge in [0.25, 0.3) is 0 Å². The molecule has 0 fully saturated rings. The zero-order chi connectivity index (χ0) is 19.8. The lowest BCUT2D eigenvalue weighted by atomic mass is 9.90. The zero-order valence-electron chi connectivity index (χ0n) is 14.0. The van der Waals surface area contributed by atoms with Crippen LogP contribution in [0.15, 0.2) is 18.2 Å². The maximum atomic E-state index is 14.2. The monoisotopic (exact) mass is 389 g/mol. The van der Waals surface area contributed by atoms with Crippen LogP contribution in [0.5, 0.6) is 0 Å². The van der Waals surface area contributed by atoms with Crippen molar-refractivity contribution in [3.05, 3.63) is 47.0 Å². The van der Waals surface area contributed by atoms with Gasteiger partial charge in [0.1, 0.15) is 18.1 Å². The van der Waals surface area contributed by atoms with Crippen LogP contribution in [0.25, 0.3) is 0 Å². The first-order valence-electron chi connectivity index (χ1n) is 8.30. The topological polar surface area (TPSA) is 68.0 Å². The van der Waals surface area contributed by atoms with Crippen LogP contribution >= 0.6 is 0 Å². The van der Waals surface area contributed by atoms with Crippen molar-refractivity contribution in [1.82, 2.24) is 14.8 Å². The third-order valence-electron chi connectivity index (χ3n) is 4.69. The molecular formula is C17H16F5N3O2. The number of halogens is 5. The van der Waals surface area contributed by atoms with E-state index in [0.717, 1.165) is 6.07 Å². The highest BCUT2D eigenvalue weighted by molar-refractivity contribution is 5.67. The van der Waals surface area contributed by atoms with Crippen LogP contribution in [0.1, 0.15) is 48.3 Å². The maximum Gasteiger partial charge on any atom is 0.396 e. The Hall–Kier alpha value is -2.52. The smallest absolute Gasteiger partial charge is 0.396 e. The van der Waals surface area contributed by atoms with Gasteiger partial charge in [-0.15, -0.1) is 10.2 Å².